The Morgan fingerprint density at radius 2 is 2.04 bits per heavy atom. The van der Waals surface area contributed by atoms with Crippen LogP contribution in [0.5, 0.6) is 0 Å². The van der Waals surface area contributed by atoms with E-state index in [0.29, 0.717) is 29.2 Å². The van der Waals surface area contributed by atoms with Crippen LogP contribution in [0.3, 0.4) is 0 Å². The number of rotatable bonds is 4. The summed E-state index contributed by atoms with van der Waals surface area (Å²) in [6.45, 7) is 3.99. The molecule has 0 amide bonds. The van der Waals surface area contributed by atoms with Gasteiger partial charge >= 0.3 is 0 Å². The second kappa shape index (κ2) is 7.21. The number of H-pyrrole nitrogens is 1. The first kappa shape index (κ1) is 17.2. The predicted octanol–water partition coefficient (Wildman–Crippen LogP) is 3.50. The number of nitrogens with one attached hydrogen (secondary N) is 1. The highest BCUT2D eigenvalue weighted by Gasteiger charge is 2.21. The standard InChI is InChI=1S/C19H22ClN5O/c1-2-16-5-3-4-10-24(16)12-15-11-17(26)25-19(21-15)22-18(23-25)13-6-8-14(20)9-7-13/h6-9,11,16H,2-5,10,12H2,1H3,(H,21,22,23). The summed E-state index contributed by atoms with van der Waals surface area (Å²) < 4.78 is 1.39. The summed E-state index contributed by atoms with van der Waals surface area (Å²) in [5.74, 6) is 1.01. The fourth-order valence-electron chi connectivity index (χ4n) is 3.68. The van der Waals surface area contributed by atoms with Crippen LogP contribution >= 0.6 is 11.6 Å². The lowest BCUT2D eigenvalue weighted by Gasteiger charge is -2.34. The molecule has 1 aliphatic heterocycles. The van der Waals surface area contributed by atoms with Crippen LogP contribution < -0.4 is 5.56 Å². The fraction of sp³-hybridized carbons (Fsp3) is 0.421. The van der Waals surface area contributed by atoms with Gasteiger partial charge in [0.25, 0.3) is 11.3 Å². The monoisotopic (exact) mass is 371 g/mol. The van der Waals surface area contributed by atoms with Gasteiger partial charge in [-0.25, -0.2) is 4.98 Å². The number of fused-ring (bicyclic) bond motifs is 1. The number of hydrogen-bond donors (Lipinski definition) is 1. The van der Waals surface area contributed by atoms with Crippen LogP contribution in [-0.2, 0) is 6.54 Å². The van der Waals surface area contributed by atoms with Crippen LogP contribution in [0.25, 0.3) is 17.2 Å². The van der Waals surface area contributed by atoms with E-state index in [1.807, 2.05) is 12.1 Å². The molecular weight excluding hydrogens is 350 g/mol. The van der Waals surface area contributed by atoms with Crippen molar-refractivity contribution in [2.75, 3.05) is 6.54 Å². The molecule has 1 aliphatic rings. The van der Waals surface area contributed by atoms with Gasteiger partial charge in [0.15, 0.2) is 5.82 Å². The molecule has 1 unspecified atom stereocenters. The molecule has 1 fully saturated rings. The third-order valence-electron chi connectivity index (χ3n) is 5.09. The van der Waals surface area contributed by atoms with E-state index in [-0.39, 0.29) is 5.56 Å². The van der Waals surface area contributed by atoms with E-state index < -0.39 is 0 Å². The molecule has 1 atom stereocenters. The summed E-state index contributed by atoms with van der Waals surface area (Å²) >= 11 is 5.94. The van der Waals surface area contributed by atoms with Crippen LogP contribution in [0.2, 0.25) is 5.02 Å². The maximum absolute atomic E-state index is 12.5. The van der Waals surface area contributed by atoms with Crippen molar-refractivity contribution in [1.82, 2.24) is 24.5 Å². The highest BCUT2D eigenvalue weighted by molar-refractivity contribution is 6.30. The number of benzene rings is 1. The minimum Gasteiger partial charge on any atom is -0.295 e. The van der Waals surface area contributed by atoms with Crippen LogP contribution in [-0.4, -0.2) is 37.1 Å². The first-order chi connectivity index (χ1) is 12.6. The summed E-state index contributed by atoms with van der Waals surface area (Å²) in [5.41, 5.74) is 1.51. The van der Waals surface area contributed by atoms with Crippen molar-refractivity contribution in [1.29, 1.82) is 0 Å². The molecule has 3 aromatic rings. The van der Waals surface area contributed by atoms with E-state index in [1.165, 1.54) is 23.8 Å². The second-order valence-electron chi connectivity index (χ2n) is 6.83. The van der Waals surface area contributed by atoms with Crippen molar-refractivity contribution in [3.8, 4) is 11.4 Å². The van der Waals surface area contributed by atoms with Gasteiger partial charge in [0.1, 0.15) is 0 Å². The maximum atomic E-state index is 12.5. The number of halogens is 1. The number of piperidine rings is 1. The molecular formula is C19H22ClN5O. The van der Waals surface area contributed by atoms with Crippen LogP contribution in [0.15, 0.2) is 35.1 Å². The summed E-state index contributed by atoms with van der Waals surface area (Å²) in [6.07, 6.45) is 4.85. The summed E-state index contributed by atoms with van der Waals surface area (Å²) in [5, 5.41) is 3.69. The lowest BCUT2D eigenvalue weighted by Crippen LogP contribution is -2.39. The predicted molar refractivity (Wildman–Crippen MR) is 102 cm³/mol. The van der Waals surface area contributed by atoms with Gasteiger partial charge in [-0.05, 0) is 50.1 Å². The molecule has 0 saturated carbocycles. The van der Waals surface area contributed by atoms with Gasteiger partial charge in [0.2, 0.25) is 0 Å². The number of nitrogens with zero attached hydrogens (tertiary/aromatic N) is 4. The van der Waals surface area contributed by atoms with Gasteiger partial charge in [-0.1, -0.05) is 24.9 Å². The lowest BCUT2D eigenvalue weighted by atomic mass is 10.00. The number of aromatic nitrogens is 4. The second-order valence-corrected chi connectivity index (χ2v) is 7.26. The lowest BCUT2D eigenvalue weighted by molar-refractivity contribution is 0.134. The molecule has 6 nitrogen and oxygen atoms in total. The van der Waals surface area contributed by atoms with Crippen molar-refractivity contribution >= 4 is 17.4 Å². The Kier molecular flexibility index (Phi) is 4.78. The van der Waals surface area contributed by atoms with Gasteiger partial charge in [-0.2, -0.15) is 9.50 Å². The van der Waals surface area contributed by atoms with Crippen molar-refractivity contribution in [3.05, 3.63) is 51.4 Å². The van der Waals surface area contributed by atoms with Gasteiger partial charge < -0.3 is 0 Å². The molecule has 3 heterocycles. The molecule has 1 N–H and O–H groups in total. The van der Waals surface area contributed by atoms with E-state index in [1.54, 1.807) is 18.2 Å². The SMILES string of the molecule is CCC1CCCCN1Cc1cc(=O)n2[nH]c(-c3ccc(Cl)cc3)nc2n1. The fourth-order valence-corrected chi connectivity index (χ4v) is 3.81. The Hall–Kier alpha value is -2.18. The number of likely N-dealkylation sites (tertiary alicyclic amines) is 1. The average Bonchev–Trinajstić information content (AvgIpc) is 3.07. The van der Waals surface area contributed by atoms with E-state index in [4.69, 9.17) is 11.6 Å². The molecule has 4 rings (SSSR count). The Balaban J connectivity index is 1.65. The van der Waals surface area contributed by atoms with Gasteiger partial charge in [0.05, 0.1) is 5.69 Å². The Morgan fingerprint density at radius 1 is 1.23 bits per heavy atom. The van der Waals surface area contributed by atoms with Crippen molar-refractivity contribution in [2.45, 2.75) is 45.2 Å². The van der Waals surface area contributed by atoms with Gasteiger partial charge in [0, 0.05) is 29.2 Å². The van der Waals surface area contributed by atoms with Crippen LogP contribution in [0, 0.1) is 0 Å². The normalized spacial score (nSPS) is 18.5. The molecule has 0 spiro atoms. The highest BCUT2D eigenvalue weighted by atomic mass is 35.5. The molecule has 1 aromatic carbocycles. The Bertz CT molecular complexity index is 962. The molecule has 7 heteroatoms. The largest absolute Gasteiger partial charge is 0.295 e. The van der Waals surface area contributed by atoms with Crippen LogP contribution in [0.4, 0.5) is 0 Å². The number of hydrogen-bond acceptors (Lipinski definition) is 4. The molecule has 2 aromatic heterocycles. The quantitative estimate of drug-likeness (QED) is 0.762. The van der Waals surface area contributed by atoms with E-state index in [2.05, 4.69) is 26.9 Å². The van der Waals surface area contributed by atoms with Crippen molar-refractivity contribution in [3.63, 3.8) is 0 Å². The summed E-state index contributed by atoms with van der Waals surface area (Å²) in [6, 6.07) is 9.52. The zero-order chi connectivity index (χ0) is 18.1. The smallest absolute Gasteiger partial charge is 0.274 e. The van der Waals surface area contributed by atoms with E-state index in [0.717, 1.165) is 24.2 Å². The first-order valence-corrected chi connectivity index (χ1v) is 9.50. The molecule has 136 valence electrons. The highest BCUT2D eigenvalue weighted by Crippen LogP contribution is 2.21. The molecule has 0 radical (unpaired) electrons. The van der Waals surface area contributed by atoms with Gasteiger partial charge in [-0.15, -0.1) is 0 Å². The molecule has 1 saturated heterocycles. The number of aromatic amines is 1. The molecule has 0 aliphatic carbocycles. The molecule has 26 heavy (non-hydrogen) atoms. The maximum Gasteiger partial charge on any atom is 0.274 e. The third kappa shape index (κ3) is 3.39. The zero-order valence-corrected chi connectivity index (χ0v) is 15.5. The first-order valence-electron chi connectivity index (χ1n) is 9.12. The van der Waals surface area contributed by atoms with Crippen molar-refractivity contribution in [2.24, 2.45) is 0 Å². The van der Waals surface area contributed by atoms with E-state index >= 15 is 0 Å². The Morgan fingerprint density at radius 3 is 2.81 bits per heavy atom. The van der Waals surface area contributed by atoms with Crippen LogP contribution in [0.1, 0.15) is 38.3 Å². The zero-order valence-electron chi connectivity index (χ0n) is 14.8. The minimum absolute atomic E-state index is 0.136. The third-order valence-corrected chi connectivity index (χ3v) is 5.34. The summed E-state index contributed by atoms with van der Waals surface area (Å²) in [4.78, 5) is 24.1. The average molecular weight is 372 g/mol. The van der Waals surface area contributed by atoms with E-state index in [9.17, 15) is 4.79 Å². The summed E-state index contributed by atoms with van der Waals surface area (Å²) in [7, 11) is 0. The van der Waals surface area contributed by atoms with Gasteiger partial charge in [-0.3, -0.25) is 14.8 Å². The minimum atomic E-state index is -0.136. The Labute approximate surface area is 156 Å². The topological polar surface area (TPSA) is 66.3 Å². The van der Waals surface area contributed by atoms with Crippen molar-refractivity contribution < 1.29 is 0 Å². The molecule has 0 bridgehead atoms.